The summed E-state index contributed by atoms with van der Waals surface area (Å²) in [6, 6.07) is 5.25. The molecule has 0 saturated carbocycles. The molecule has 0 spiro atoms. The summed E-state index contributed by atoms with van der Waals surface area (Å²) in [5.41, 5.74) is -9.56. The molecule has 4 rings (SSSR count). The molecule has 2 aromatic carbocycles. The highest BCUT2D eigenvalue weighted by Gasteiger charge is 2.52. The summed E-state index contributed by atoms with van der Waals surface area (Å²) < 4.78 is 158. The van der Waals surface area contributed by atoms with Crippen molar-refractivity contribution in [2.45, 2.75) is 76.3 Å². The standard InChI is InChI=1S/2C17H14F6N6/c2*1-4-29-15(2,8-13(28-29)17(21,22)23)14(26-9-24)27-10-5-6-12(25-3)11(7-10)16(18,19)20/h2*5-7H,4,8H2,1-2H3,(H,26,27)/t2*15-/m00/s1. The number of nitrogens with zero attached hydrogens (tertiary/aromatic N) is 10. The highest BCUT2D eigenvalue weighted by atomic mass is 19.4. The Morgan fingerprint density at radius 1 is 0.672 bits per heavy atom. The van der Waals surface area contributed by atoms with Gasteiger partial charge in [0, 0.05) is 25.9 Å². The molecule has 2 heterocycles. The third-order valence-electron chi connectivity index (χ3n) is 8.56. The first-order chi connectivity index (χ1) is 26.7. The van der Waals surface area contributed by atoms with Crippen molar-refractivity contribution in [1.82, 2.24) is 20.7 Å². The molecule has 0 amide bonds. The molecule has 2 aliphatic rings. The summed E-state index contributed by atoms with van der Waals surface area (Å²) >= 11 is 0. The fourth-order valence-corrected chi connectivity index (χ4v) is 5.75. The molecule has 12 nitrogen and oxygen atoms in total. The minimum atomic E-state index is -4.83. The maximum atomic E-state index is 13.2. The van der Waals surface area contributed by atoms with Gasteiger partial charge < -0.3 is 0 Å². The average Bonchev–Trinajstić information content (AvgIpc) is 3.68. The molecule has 0 aromatic heterocycles. The summed E-state index contributed by atoms with van der Waals surface area (Å²) in [7, 11) is 0. The summed E-state index contributed by atoms with van der Waals surface area (Å²) in [5, 5.41) is 31.5. The van der Waals surface area contributed by atoms with Crippen LogP contribution in [0.5, 0.6) is 0 Å². The summed E-state index contributed by atoms with van der Waals surface area (Å²) in [5.74, 6) is -0.595. The molecule has 0 fully saturated rings. The largest absolute Gasteiger partial charge is 0.431 e. The van der Waals surface area contributed by atoms with Gasteiger partial charge in [-0.25, -0.2) is 19.7 Å². The van der Waals surface area contributed by atoms with E-state index in [1.807, 2.05) is 0 Å². The number of rotatable bonds is 6. The zero-order valence-corrected chi connectivity index (χ0v) is 30.3. The van der Waals surface area contributed by atoms with Crippen LogP contribution in [0.1, 0.15) is 51.7 Å². The maximum Gasteiger partial charge on any atom is 0.431 e. The van der Waals surface area contributed by atoms with E-state index in [1.165, 1.54) is 27.7 Å². The SMILES string of the molecule is [C-]#[N+]c1ccc(N=C(NC#N)[C@]2(C)CC(C(F)(F)F)=NN2CC)cc1C(F)(F)F.[C-]#[N+]c1ccc(N=C(NC#N)[C@]2(C)CC(C(F)(F)F)=NN2CC)cc1C(F)(F)F. The molecule has 2 aromatic rings. The third-order valence-corrected chi connectivity index (χ3v) is 8.56. The Morgan fingerprint density at radius 2 is 1.00 bits per heavy atom. The molecule has 2 aliphatic heterocycles. The number of nitriles is 2. The van der Waals surface area contributed by atoms with Gasteiger partial charge in [-0.15, -0.1) is 0 Å². The van der Waals surface area contributed by atoms with Crippen molar-refractivity contribution in [3.63, 3.8) is 0 Å². The Hall–Kier alpha value is -6.56. The number of hydrogen-bond acceptors (Lipinski definition) is 8. The molecule has 2 atom stereocenters. The molecule has 58 heavy (non-hydrogen) atoms. The molecule has 0 saturated heterocycles. The minimum absolute atomic E-state index is 0.0344. The van der Waals surface area contributed by atoms with E-state index in [0.29, 0.717) is 12.1 Å². The van der Waals surface area contributed by atoms with E-state index in [1.54, 1.807) is 12.4 Å². The predicted molar refractivity (Wildman–Crippen MR) is 185 cm³/mol. The van der Waals surface area contributed by atoms with E-state index < -0.39 is 82.5 Å². The molecule has 0 bridgehead atoms. The van der Waals surface area contributed by atoms with Gasteiger partial charge in [0.15, 0.2) is 23.8 Å². The highest BCUT2D eigenvalue weighted by Crippen LogP contribution is 2.42. The van der Waals surface area contributed by atoms with Crippen molar-refractivity contribution in [3.05, 3.63) is 70.4 Å². The number of aliphatic imine (C=N–C) groups is 2. The number of likely N-dealkylation sites (N-methyl/N-ethyl adjacent to an activating group) is 2. The Balaban J connectivity index is 0.000000310. The first-order valence-electron chi connectivity index (χ1n) is 16.2. The van der Waals surface area contributed by atoms with Crippen molar-refractivity contribution < 1.29 is 52.7 Å². The van der Waals surface area contributed by atoms with Crippen LogP contribution < -0.4 is 10.6 Å². The molecule has 2 N–H and O–H groups in total. The number of alkyl halides is 12. The molecule has 24 heteroatoms. The van der Waals surface area contributed by atoms with Gasteiger partial charge in [0.25, 0.3) is 0 Å². The molecule has 308 valence electrons. The van der Waals surface area contributed by atoms with Crippen molar-refractivity contribution in [2.75, 3.05) is 13.1 Å². The van der Waals surface area contributed by atoms with Gasteiger partial charge in [-0.2, -0.15) is 73.4 Å². The quantitative estimate of drug-likeness (QED) is 0.0744. The van der Waals surface area contributed by atoms with Gasteiger partial charge in [0.1, 0.15) is 34.2 Å². The van der Waals surface area contributed by atoms with Crippen LogP contribution in [0, 0.1) is 36.1 Å². The van der Waals surface area contributed by atoms with E-state index in [9.17, 15) is 52.7 Å². The first-order valence-corrected chi connectivity index (χ1v) is 16.2. The fraction of sp³-hybridized carbons (Fsp3) is 0.412. The Kier molecular flexibility index (Phi) is 13.3. The normalized spacial score (nSPS) is 20.1. The van der Waals surface area contributed by atoms with Crippen LogP contribution in [0.25, 0.3) is 9.69 Å². The zero-order chi connectivity index (χ0) is 44.1. The van der Waals surface area contributed by atoms with E-state index >= 15 is 0 Å². The average molecular weight is 833 g/mol. The maximum absolute atomic E-state index is 13.2. The summed E-state index contributed by atoms with van der Waals surface area (Å²) in [6.45, 7) is 19.5. The second-order valence-corrected chi connectivity index (χ2v) is 12.4. The number of nitrogens with one attached hydrogen (secondary N) is 2. The van der Waals surface area contributed by atoms with Gasteiger partial charge >= 0.3 is 24.7 Å². The van der Waals surface area contributed by atoms with Gasteiger partial charge in [-0.1, -0.05) is 12.1 Å². The van der Waals surface area contributed by atoms with E-state index in [2.05, 4.69) is 40.5 Å². The van der Waals surface area contributed by atoms with E-state index in [0.717, 1.165) is 34.3 Å². The summed E-state index contributed by atoms with van der Waals surface area (Å²) in [4.78, 5) is 13.5. The number of halogens is 12. The van der Waals surface area contributed by atoms with Crippen molar-refractivity contribution in [2.24, 2.45) is 20.2 Å². The third kappa shape index (κ3) is 10.0. The van der Waals surface area contributed by atoms with Crippen LogP contribution in [-0.4, -0.2) is 69.6 Å². The van der Waals surface area contributed by atoms with Crippen LogP contribution in [-0.2, 0) is 12.4 Å². The first kappa shape index (κ1) is 45.8. The monoisotopic (exact) mass is 832 g/mol. The molecule has 0 unspecified atom stereocenters. The Bertz CT molecular complexity index is 2020. The number of amidine groups is 2. The van der Waals surface area contributed by atoms with Gasteiger partial charge in [-0.3, -0.25) is 20.7 Å². The van der Waals surface area contributed by atoms with Gasteiger partial charge in [0.05, 0.1) is 35.6 Å². The van der Waals surface area contributed by atoms with Crippen LogP contribution >= 0.6 is 0 Å². The van der Waals surface area contributed by atoms with Crippen LogP contribution in [0.3, 0.4) is 0 Å². The molecule has 0 aliphatic carbocycles. The molecule has 0 radical (unpaired) electrons. The number of hydrogen-bond donors (Lipinski definition) is 2. The lowest BCUT2D eigenvalue weighted by Gasteiger charge is -2.33. The van der Waals surface area contributed by atoms with Crippen molar-refractivity contribution in [1.29, 1.82) is 10.5 Å². The Labute approximate surface area is 322 Å². The molecular weight excluding hydrogens is 804 g/mol. The fourth-order valence-electron chi connectivity index (χ4n) is 5.75. The lowest BCUT2D eigenvalue weighted by atomic mass is 9.93. The lowest BCUT2D eigenvalue weighted by Crippen LogP contribution is -2.52. The highest BCUT2D eigenvalue weighted by molar-refractivity contribution is 6.04. The second kappa shape index (κ2) is 16.9. The number of benzene rings is 2. The lowest BCUT2D eigenvalue weighted by molar-refractivity contribution is -0.137. The Morgan fingerprint density at radius 3 is 1.24 bits per heavy atom. The molecular formula is C34H28F12N12. The predicted octanol–water partition coefficient (Wildman–Crippen LogP) is 9.52. The van der Waals surface area contributed by atoms with Gasteiger partial charge in [-0.05, 0) is 52.0 Å². The van der Waals surface area contributed by atoms with Crippen LogP contribution in [0.4, 0.5) is 75.4 Å². The zero-order valence-electron chi connectivity index (χ0n) is 30.3. The second-order valence-electron chi connectivity index (χ2n) is 12.4. The smallest absolute Gasteiger partial charge is 0.283 e. The minimum Gasteiger partial charge on any atom is -0.283 e. The van der Waals surface area contributed by atoms with Gasteiger partial charge in [0.2, 0.25) is 0 Å². The van der Waals surface area contributed by atoms with Crippen LogP contribution in [0.15, 0.2) is 56.6 Å². The topological polar surface area (TPSA) is 136 Å². The van der Waals surface area contributed by atoms with Crippen LogP contribution in [0.2, 0.25) is 0 Å². The van der Waals surface area contributed by atoms with Crippen molar-refractivity contribution >= 4 is 45.8 Å². The number of hydrazone groups is 2. The van der Waals surface area contributed by atoms with Crippen molar-refractivity contribution in [3.8, 4) is 12.4 Å². The summed E-state index contributed by atoms with van der Waals surface area (Å²) in [6.07, 6.45) is -17.3. The van der Waals surface area contributed by atoms with E-state index in [4.69, 9.17) is 23.7 Å². The van der Waals surface area contributed by atoms with E-state index in [-0.39, 0.29) is 36.1 Å².